The molecular formula is C18H22N2O. The lowest BCUT2D eigenvalue weighted by atomic mass is 10.0. The van der Waals surface area contributed by atoms with E-state index in [1.54, 1.807) is 11.9 Å². The number of carbonyl (C=O) groups excluding carboxylic acids is 1. The zero-order valence-corrected chi connectivity index (χ0v) is 12.8. The Morgan fingerprint density at radius 3 is 2.24 bits per heavy atom. The van der Waals surface area contributed by atoms with Gasteiger partial charge in [-0.15, -0.1) is 0 Å². The number of hydrogen-bond donors (Lipinski definition) is 1. The fraction of sp³-hybridized carbons (Fsp3) is 0.278. The number of nitrogens with zero attached hydrogens (tertiary/aromatic N) is 1. The van der Waals surface area contributed by atoms with E-state index in [0.29, 0.717) is 5.92 Å². The van der Waals surface area contributed by atoms with E-state index in [4.69, 9.17) is 5.73 Å². The highest BCUT2D eigenvalue weighted by atomic mass is 16.2. The molecule has 0 aliphatic heterocycles. The Bertz CT molecular complexity index is 608. The molecule has 2 N–H and O–H groups in total. The van der Waals surface area contributed by atoms with Gasteiger partial charge in [0, 0.05) is 12.7 Å². The van der Waals surface area contributed by atoms with Crippen LogP contribution in [-0.2, 0) is 4.79 Å². The van der Waals surface area contributed by atoms with Gasteiger partial charge in [-0.2, -0.15) is 0 Å². The number of amides is 1. The number of rotatable bonds is 4. The molecule has 110 valence electrons. The van der Waals surface area contributed by atoms with Gasteiger partial charge in [0.2, 0.25) is 5.91 Å². The Labute approximate surface area is 126 Å². The van der Waals surface area contributed by atoms with E-state index in [-0.39, 0.29) is 5.91 Å². The van der Waals surface area contributed by atoms with Gasteiger partial charge in [-0.1, -0.05) is 56.3 Å². The van der Waals surface area contributed by atoms with Crippen LogP contribution in [0.15, 0.2) is 54.6 Å². The van der Waals surface area contributed by atoms with Crippen LogP contribution in [0.25, 0.3) is 0 Å². The first kappa shape index (κ1) is 15.3. The van der Waals surface area contributed by atoms with Crippen LogP contribution in [0, 0.1) is 0 Å². The number of carbonyl (C=O) groups is 1. The minimum atomic E-state index is -0.640. The van der Waals surface area contributed by atoms with Crippen molar-refractivity contribution >= 4 is 11.6 Å². The molecule has 0 spiro atoms. The van der Waals surface area contributed by atoms with Crippen LogP contribution in [-0.4, -0.2) is 13.0 Å². The van der Waals surface area contributed by atoms with E-state index < -0.39 is 6.04 Å². The van der Waals surface area contributed by atoms with E-state index in [1.165, 1.54) is 5.56 Å². The molecule has 1 unspecified atom stereocenters. The van der Waals surface area contributed by atoms with E-state index >= 15 is 0 Å². The summed E-state index contributed by atoms with van der Waals surface area (Å²) in [5, 5.41) is 0. The van der Waals surface area contributed by atoms with Gasteiger partial charge < -0.3 is 10.6 Å². The maximum Gasteiger partial charge on any atom is 0.248 e. The molecule has 0 radical (unpaired) electrons. The molecule has 0 aromatic heterocycles. The third kappa shape index (κ3) is 3.50. The maximum atomic E-state index is 12.5. The van der Waals surface area contributed by atoms with Crippen LogP contribution in [0.1, 0.15) is 36.9 Å². The zero-order chi connectivity index (χ0) is 15.4. The molecule has 3 nitrogen and oxygen atoms in total. The van der Waals surface area contributed by atoms with Crippen molar-refractivity contribution in [1.82, 2.24) is 0 Å². The monoisotopic (exact) mass is 282 g/mol. The van der Waals surface area contributed by atoms with Crippen LogP contribution in [0.2, 0.25) is 0 Å². The Morgan fingerprint density at radius 1 is 1.00 bits per heavy atom. The molecule has 21 heavy (non-hydrogen) atoms. The summed E-state index contributed by atoms with van der Waals surface area (Å²) in [6, 6.07) is 16.8. The molecule has 0 bridgehead atoms. The topological polar surface area (TPSA) is 46.3 Å². The van der Waals surface area contributed by atoms with Crippen LogP contribution in [0.5, 0.6) is 0 Å². The summed E-state index contributed by atoms with van der Waals surface area (Å²) in [6.07, 6.45) is 0. The third-order valence-electron chi connectivity index (χ3n) is 3.68. The van der Waals surface area contributed by atoms with E-state index in [9.17, 15) is 4.79 Å². The molecule has 0 heterocycles. The molecule has 2 aromatic carbocycles. The molecule has 0 aliphatic rings. The van der Waals surface area contributed by atoms with E-state index in [2.05, 4.69) is 19.9 Å². The van der Waals surface area contributed by atoms with Crippen LogP contribution < -0.4 is 10.6 Å². The Morgan fingerprint density at radius 2 is 1.62 bits per heavy atom. The van der Waals surface area contributed by atoms with Crippen molar-refractivity contribution in [1.29, 1.82) is 0 Å². The average Bonchev–Trinajstić information content (AvgIpc) is 2.53. The lowest BCUT2D eigenvalue weighted by molar-refractivity contribution is -0.119. The van der Waals surface area contributed by atoms with Crippen molar-refractivity contribution in [3.8, 4) is 0 Å². The van der Waals surface area contributed by atoms with Gasteiger partial charge in [0.15, 0.2) is 0 Å². The van der Waals surface area contributed by atoms with Crippen LogP contribution in [0.3, 0.4) is 0 Å². The highest BCUT2D eigenvalue weighted by Crippen LogP contribution is 2.23. The van der Waals surface area contributed by atoms with Crippen molar-refractivity contribution in [2.75, 3.05) is 11.9 Å². The van der Waals surface area contributed by atoms with Crippen molar-refractivity contribution in [3.05, 3.63) is 65.7 Å². The SMILES string of the molecule is CC(C)c1cccc(N(C)C(=O)C(N)c2ccccc2)c1. The Balaban J connectivity index is 2.21. The minimum Gasteiger partial charge on any atom is -0.316 e. The number of likely N-dealkylation sites (N-methyl/N-ethyl adjacent to an activating group) is 1. The molecule has 2 aromatic rings. The molecule has 0 saturated heterocycles. The number of hydrogen-bond acceptors (Lipinski definition) is 2. The van der Waals surface area contributed by atoms with E-state index in [0.717, 1.165) is 11.3 Å². The van der Waals surface area contributed by atoms with Gasteiger partial charge >= 0.3 is 0 Å². The lowest BCUT2D eigenvalue weighted by Crippen LogP contribution is -2.35. The smallest absolute Gasteiger partial charge is 0.248 e. The summed E-state index contributed by atoms with van der Waals surface area (Å²) >= 11 is 0. The van der Waals surface area contributed by atoms with E-state index in [1.807, 2.05) is 48.5 Å². The summed E-state index contributed by atoms with van der Waals surface area (Å²) < 4.78 is 0. The first-order valence-corrected chi connectivity index (χ1v) is 7.18. The largest absolute Gasteiger partial charge is 0.316 e. The zero-order valence-electron chi connectivity index (χ0n) is 12.8. The van der Waals surface area contributed by atoms with Gasteiger partial charge in [0.1, 0.15) is 6.04 Å². The number of anilines is 1. The first-order chi connectivity index (χ1) is 10.0. The van der Waals surface area contributed by atoms with Crippen LogP contribution in [0.4, 0.5) is 5.69 Å². The summed E-state index contributed by atoms with van der Waals surface area (Å²) in [5.74, 6) is 0.318. The molecule has 3 heteroatoms. The summed E-state index contributed by atoms with van der Waals surface area (Å²) in [5.41, 5.74) is 8.99. The second-order valence-corrected chi connectivity index (χ2v) is 5.54. The van der Waals surface area contributed by atoms with Crippen molar-refractivity contribution in [3.63, 3.8) is 0 Å². The van der Waals surface area contributed by atoms with Gasteiger partial charge in [0.05, 0.1) is 0 Å². The second kappa shape index (κ2) is 6.55. The van der Waals surface area contributed by atoms with Crippen molar-refractivity contribution in [2.24, 2.45) is 5.73 Å². The molecule has 0 saturated carbocycles. The normalized spacial score (nSPS) is 12.2. The number of benzene rings is 2. The fourth-order valence-electron chi connectivity index (χ4n) is 2.23. The molecule has 2 rings (SSSR count). The maximum absolute atomic E-state index is 12.5. The van der Waals surface area contributed by atoms with Crippen LogP contribution >= 0.6 is 0 Å². The lowest BCUT2D eigenvalue weighted by Gasteiger charge is -2.22. The summed E-state index contributed by atoms with van der Waals surface area (Å²) in [6.45, 7) is 4.27. The fourth-order valence-corrected chi connectivity index (χ4v) is 2.23. The second-order valence-electron chi connectivity index (χ2n) is 5.54. The molecule has 1 atom stereocenters. The molecular weight excluding hydrogens is 260 g/mol. The Hall–Kier alpha value is -2.13. The average molecular weight is 282 g/mol. The standard InChI is InChI=1S/C18H22N2O/c1-13(2)15-10-7-11-16(12-15)20(3)18(21)17(19)14-8-5-4-6-9-14/h4-13,17H,19H2,1-3H3. The predicted octanol–water partition coefficient (Wildman–Crippen LogP) is 3.47. The minimum absolute atomic E-state index is 0.109. The summed E-state index contributed by atoms with van der Waals surface area (Å²) in [4.78, 5) is 14.2. The van der Waals surface area contributed by atoms with Crippen molar-refractivity contribution in [2.45, 2.75) is 25.8 Å². The van der Waals surface area contributed by atoms with Gasteiger partial charge in [-0.25, -0.2) is 0 Å². The van der Waals surface area contributed by atoms with Crippen molar-refractivity contribution < 1.29 is 4.79 Å². The molecule has 0 aliphatic carbocycles. The summed E-state index contributed by atoms with van der Waals surface area (Å²) in [7, 11) is 1.77. The number of nitrogens with two attached hydrogens (primary N) is 1. The third-order valence-corrected chi connectivity index (χ3v) is 3.68. The Kier molecular flexibility index (Phi) is 4.76. The first-order valence-electron chi connectivity index (χ1n) is 7.18. The quantitative estimate of drug-likeness (QED) is 0.933. The van der Waals surface area contributed by atoms with Gasteiger partial charge in [-0.05, 0) is 29.2 Å². The molecule has 0 fully saturated rings. The predicted molar refractivity (Wildman–Crippen MR) is 87.3 cm³/mol. The van der Waals surface area contributed by atoms with Gasteiger partial charge in [-0.3, -0.25) is 4.79 Å². The molecule has 1 amide bonds. The highest BCUT2D eigenvalue weighted by molar-refractivity contribution is 5.97. The highest BCUT2D eigenvalue weighted by Gasteiger charge is 2.20. The van der Waals surface area contributed by atoms with Gasteiger partial charge in [0.25, 0.3) is 0 Å².